The number of carbonyl (C=O) groups excluding carboxylic acids is 2. The van der Waals surface area contributed by atoms with Crippen LogP contribution in [0.3, 0.4) is 0 Å². The zero-order valence-corrected chi connectivity index (χ0v) is 19.4. The monoisotopic (exact) mass is 422 g/mol. The molecule has 0 aromatic heterocycles. The zero-order valence-electron chi connectivity index (χ0n) is 19.4. The van der Waals surface area contributed by atoms with Crippen LogP contribution in [0.5, 0.6) is 0 Å². The average Bonchev–Trinajstić information content (AvgIpc) is 3.12. The second-order valence-corrected chi connectivity index (χ2v) is 11.6. The average molecular weight is 423 g/mol. The number of rotatable bonds is 3. The third kappa shape index (κ3) is 3.38. The van der Waals surface area contributed by atoms with Gasteiger partial charge in [-0.25, -0.2) is 4.79 Å². The molecule has 0 saturated heterocycles. The molecule has 8 atom stereocenters. The van der Waals surface area contributed by atoms with E-state index in [1.54, 1.807) is 0 Å². The van der Waals surface area contributed by atoms with Crippen molar-refractivity contribution >= 4 is 11.8 Å². The molecule has 1 aromatic rings. The fourth-order valence-electron chi connectivity index (χ4n) is 8.79. The number of carbonyl (C=O) groups is 2. The number of benzene rings is 1. The number of ether oxygens (including phenoxy) is 1. The number of ketones is 1. The van der Waals surface area contributed by atoms with Gasteiger partial charge in [-0.1, -0.05) is 32.0 Å². The Morgan fingerprint density at radius 2 is 1.58 bits per heavy atom. The molecule has 1 aromatic carbocycles. The van der Waals surface area contributed by atoms with E-state index >= 15 is 0 Å². The summed E-state index contributed by atoms with van der Waals surface area (Å²) in [5, 5.41) is 0. The van der Waals surface area contributed by atoms with E-state index in [4.69, 9.17) is 4.74 Å². The van der Waals surface area contributed by atoms with Gasteiger partial charge in [-0.15, -0.1) is 0 Å². The third-order valence-electron chi connectivity index (χ3n) is 10.4. The fourth-order valence-corrected chi connectivity index (χ4v) is 8.79. The lowest BCUT2D eigenvalue weighted by Crippen LogP contribution is -2.54. The number of fused-ring (bicyclic) bond motifs is 5. The minimum Gasteiger partial charge on any atom is -0.459 e. The number of esters is 1. The highest BCUT2D eigenvalue weighted by Gasteiger charge is 2.60. The van der Waals surface area contributed by atoms with Gasteiger partial charge >= 0.3 is 5.97 Å². The SMILES string of the molecule is CC(=O)[C@H]1CCC2C3CC[C@H]4C[C@H](OC(=O)c5ccccc5)CCC4(C)C3CC[C@@]21C. The Bertz CT molecular complexity index is 847. The molecule has 3 heteroatoms. The fraction of sp³-hybridized carbons (Fsp3) is 0.714. The van der Waals surface area contributed by atoms with Crippen molar-refractivity contribution in [2.24, 2.45) is 40.4 Å². The molecule has 4 saturated carbocycles. The molecule has 31 heavy (non-hydrogen) atoms. The molecule has 0 N–H and O–H groups in total. The molecule has 0 radical (unpaired) electrons. The van der Waals surface area contributed by atoms with E-state index in [1.165, 1.54) is 38.5 Å². The summed E-state index contributed by atoms with van der Waals surface area (Å²) < 4.78 is 5.96. The first kappa shape index (κ1) is 21.2. The quantitative estimate of drug-likeness (QED) is 0.525. The smallest absolute Gasteiger partial charge is 0.338 e. The predicted octanol–water partition coefficient (Wildman–Crippen LogP) is 6.46. The molecule has 0 bridgehead atoms. The van der Waals surface area contributed by atoms with Gasteiger partial charge in [0.2, 0.25) is 0 Å². The predicted molar refractivity (Wildman–Crippen MR) is 122 cm³/mol. The molecule has 4 fully saturated rings. The van der Waals surface area contributed by atoms with Crippen molar-refractivity contribution in [2.45, 2.75) is 84.7 Å². The molecule has 0 amide bonds. The van der Waals surface area contributed by atoms with Crippen molar-refractivity contribution < 1.29 is 14.3 Å². The summed E-state index contributed by atoms with van der Waals surface area (Å²) in [4.78, 5) is 24.9. The molecule has 4 unspecified atom stereocenters. The van der Waals surface area contributed by atoms with Gasteiger partial charge in [0.15, 0.2) is 0 Å². The van der Waals surface area contributed by atoms with Gasteiger partial charge in [-0.05, 0) is 111 Å². The minimum atomic E-state index is -0.169. The number of Topliss-reactive ketones (excluding diaryl/α,β-unsaturated/α-hetero) is 1. The highest BCUT2D eigenvalue weighted by Crippen LogP contribution is 2.67. The summed E-state index contributed by atoms with van der Waals surface area (Å²) in [5.41, 5.74) is 1.26. The Kier molecular flexibility index (Phi) is 5.30. The molecule has 0 aliphatic heterocycles. The van der Waals surface area contributed by atoms with Crippen LogP contribution in [0.25, 0.3) is 0 Å². The molecule has 168 valence electrons. The maximum absolute atomic E-state index is 12.6. The van der Waals surface area contributed by atoms with Gasteiger partial charge in [-0.2, -0.15) is 0 Å². The van der Waals surface area contributed by atoms with Gasteiger partial charge in [0.1, 0.15) is 11.9 Å². The van der Waals surface area contributed by atoms with Crippen molar-refractivity contribution in [1.82, 2.24) is 0 Å². The lowest BCUT2D eigenvalue weighted by atomic mass is 9.44. The van der Waals surface area contributed by atoms with Crippen LogP contribution >= 0.6 is 0 Å². The Balaban J connectivity index is 1.28. The van der Waals surface area contributed by atoms with Gasteiger partial charge in [0.05, 0.1) is 5.56 Å². The second-order valence-electron chi connectivity index (χ2n) is 11.6. The van der Waals surface area contributed by atoms with Crippen molar-refractivity contribution in [3.63, 3.8) is 0 Å². The van der Waals surface area contributed by atoms with Crippen molar-refractivity contribution in [1.29, 1.82) is 0 Å². The maximum Gasteiger partial charge on any atom is 0.338 e. The van der Waals surface area contributed by atoms with E-state index in [1.807, 2.05) is 37.3 Å². The van der Waals surface area contributed by atoms with Crippen LogP contribution in [0.2, 0.25) is 0 Å². The van der Waals surface area contributed by atoms with Crippen LogP contribution in [0.15, 0.2) is 30.3 Å². The Morgan fingerprint density at radius 3 is 2.32 bits per heavy atom. The summed E-state index contributed by atoms with van der Waals surface area (Å²) in [6.45, 7) is 6.80. The van der Waals surface area contributed by atoms with E-state index in [-0.39, 0.29) is 23.4 Å². The Hall–Kier alpha value is -1.64. The van der Waals surface area contributed by atoms with E-state index in [0.29, 0.717) is 22.7 Å². The third-order valence-corrected chi connectivity index (χ3v) is 10.4. The van der Waals surface area contributed by atoms with Crippen LogP contribution in [0.4, 0.5) is 0 Å². The largest absolute Gasteiger partial charge is 0.459 e. The molecule has 0 spiro atoms. The van der Waals surface area contributed by atoms with Gasteiger partial charge in [0.25, 0.3) is 0 Å². The van der Waals surface area contributed by atoms with Gasteiger partial charge in [0, 0.05) is 5.92 Å². The molecular weight excluding hydrogens is 384 g/mol. The first-order chi connectivity index (χ1) is 14.8. The van der Waals surface area contributed by atoms with Crippen molar-refractivity contribution in [2.75, 3.05) is 0 Å². The summed E-state index contributed by atoms with van der Waals surface area (Å²) in [6, 6.07) is 9.41. The molecule has 3 nitrogen and oxygen atoms in total. The van der Waals surface area contributed by atoms with E-state index < -0.39 is 0 Å². The number of hydrogen-bond donors (Lipinski definition) is 0. The summed E-state index contributed by atoms with van der Waals surface area (Å²) >= 11 is 0. The van der Waals surface area contributed by atoms with Gasteiger partial charge < -0.3 is 4.74 Å². The van der Waals surface area contributed by atoms with Crippen LogP contribution in [-0.4, -0.2) is 17.9 Å². The van der Waals surface area contributed by atoms with E-state index in [9.17, 15) is 9.59 Å². The lowest BCUT2D eigenvalue weighted by molar-refractivity contribution is -0.138. The van der Waals surface area contributed by atoms with Crippen LogP contribution in [0.1, 0.15) is 88.9 Å². The molecule has 0 heterocycles. The highest BCUT2D eigenvalue weighted by molar-refractivity contribution is 5.89. The van der Waals surface area contributed by atoms with E-state index in [2.05, 4.69) is 13.8 Å². The molecule has 4 aliphatic carbocycles. The summed E-state index contributed by atoms with van der Waals surface area (Å²) in [6.07, 6.45) is 10.7. The summed E-state index contributed by atoms with van der Waals surface area (Å²) in [7, 11) is 0. The second kappa shape index (κ2) is 7.74. The van der Waals surface area contributed by atoms with Crippen molar-refractivity contribution in [3.8, 4) is 0 Å². The Morgan fingerprint density at radius 1 is 0.871 bits per heavy atom. The normalized spacial score (nSPS) is 44.0. The van der Waals surface area contributed by atoms with Crippen molar-refractivity contribution in [3.05, 3.63) is 35.9 Å². The summed E-state index contributed by atoms with van der Waals surface area (Å²) in [5.74, 6) is 3.49. The van der Waals surface area contributed by atoms with Crippen LogP contribution < -0.4 is 0 Å². The lowest BCUT2D eigenvalue weighted by Gasteiger charge is -2.61. The molecular formula is C28H38O3. The zero-order chi connectivity index (χ0) is 21.8. The molecule has 4 aliphatic rings. The minimum absolute atomic E-state index is 0.0600. The van der Waals surface area contributed by atoms with Gasteiger partial charge in [-0.3, -0.25) is 4.79 Å². The maximum atomic E-state index is 12.6. The van der Waals surface area contributed by atoms with Crippen LogP contribution in [0, 0.1) is 40.4 Å². The first-order valence-electron chi connectivity index (χ1n) is 12.6. The molecule has 5 rings (SSSR count). The number of hydrogen-bond acceptors (Lipinski definition) is 3. The van der Waals surface area contributed by atoms with Crippen LogP contribution in [-0.2, 0) is 9.53 Å². The first-order valence-corrected chi connectivity index (χ1v) is 12.6. The standard InChI is InChI=1S/C28H38O3/c1-18(29)23-11-12-24-22-10-9-20-17-21(31-26(30)19-7-5-4-6-8-19)13-15-27(20,2)25(22)14-16-28(23,24)3/h4-8,20-25H,9-17H2,1-3H3/t20-,21+,22?,23+,24?,25?,27?,28+/m0/s1. The van der Waals surface area contributed by atoms with E-state index in [0.717, 1.165) is 37.0 Å². The topological polar surface area (TPSA) is 43.4 Å². The highest BCUT2D eigenvalue weighted by atomic mass is 16.5. The Labute approximate surface area is 187 Å².